The van der Waals surface area contributed by atoms with E-state index in [1.165, 1.54) is 0 Å². The van der Waals surface area contributed by atoms with Crippen molar-refractivity contribution in [2.24, 2.45) is 5.92 Å². The number of amides is 1. The van der Waals surface area contributed by atoms with Gasteiger partial charge in [0, 0.05) is 6.61 Å². The van der Waals surface area contributed by atoms with Crippen LogP contribution < -0.4 is 5.32 Å². The summed E-state index contributed by atoms with van der Waals surface area (Å²) in [5.74, 6) is 0.256. The van der Waals surface area contributed by atoms with E-state index < -0.39 is 11.7 Å². The summed E-state index contributed by atoms with van der Waals surface area (Å²) < 4.78 is 10.7. The number of nitrogens with one attached hydrogen (secondary N) is 1. The lowest BCUT2D eigenvalue weighted by Gasteiger charge is -2.24. The second kappa shape index (κ2) is 5.89. The van der Waals surface area contributed by atoms with Crippen molar-refractivity contribution < 1.29 is 19.4 Å². The van der Waals surface area contributed by atoms with Crippen molar-refractivity contribution in [3.05, 3.63) is 0 Å². The standard InChI is InChI=1S/C13H25NO4/c1-8(2)10(11-9(17-11)6-7-15)14-12(16)18-13(3,4)5/h8-11,15H,6-7H2,1-5H3,(H,14,16)/t9-,10+,11-/m1/s1. The van der Waals surface area contributed by atoms with Crippen LogP contribution in [-0.2, 0) is 9.47 Å². The van der Waals surface area contributed by atoms with Gasteiger partial charge in [0.25, 0.3) is 0 Å². The molecule has 5 nitrogen and oxygen atoms in total. The van der Waals surface area contributed by atoms with E-state index in [0.717, 1.165) is 0 Å². The lowest BCUT2D eigenvalue weighted by Crippen LogP contribution is -2.45. The Morgan fingerprint density at radius 1 is 1.44 bits per heavy atom. The Morgan fingerprint density at radius 2 is 2.06 bits per heavy atom. The SMILES string of the molecule is CC(C)[C@H](NC(=O)OC(C)(C)C)[C@@H]1O[C@@H]1CCO. The molecule has 1 aliphatic heterocycles. The average Bonchev–Trinajstić information content (AvgIpc) is 2.91. The summed E-state index contributed by atoms with van der Waals surface area (Å²) in [6.45, 7) is 9.66. The lowest BCUT2D eigenvalue weighted by molar-refractivity contribution is 0.0478. The van der Waals surface area contributed by atoms with Gasteiger partial charge in [-0.1, -0.05) is 13.8 Å². The van der Waals surface area contributed by atoms with Crippen LogP contribution >= 0.6 is 0 Å². The highest BCUT2D eigenvalue weighted by Crippen LogP contribution is 2.31. The predicted octanol–water partition coefficient (Wildman–Crippen LogP) is 1.69. The molecule has 0 unspecified atom stereocenters. The second-order valence-electron chi connectivity index (χ2n) is 6.07. The van der Waals surface area contributed by atoms with Gasteiger partial charge in [-0.2, -0.15) is 0 Å². The summed E-state index contributed by atoms with van der Waals surface area (Å²) >= 11 is 0. The van der Waals surface area contributed by atoms with Gasteiger partial charge in [-0.25, -0.2) is 4.79 Å². The minimum atomic E-state index is -0.499. The Kier molecular flexibility index (Phi) is 4.99. The molecule has 18 heavy (non-hydrogen) atoms. The van der Waals surface area contributed by atoms with Gasteiger partial charge in [0.2, 0.25) is 0 Å². The van der Waals surface area contributed by atoms with Crippen LogP contribution in [0, 0.1) is 5.92 Å². The van der Waals surface area contributed by atoms with Crippen molar-refractivity contribution in [3.8, 4) is 0 Å². The fourth-order valence-corrected chi connectivity index (χ4v) is 1.90. The number of hydrogen-bond acceptors (Lipinski definition) is 4. The molecule has 1 rings (SSSR count). The molecule has 0 spiro atoms. The average molecular weight is 259 g/mol. The normalized spacial score (nSPS) is 24.8. The molecule has 3 atom stereocenters. The summed E-state index contributed by atoms with van der Waals surface area (Å²) in [5.41, 5.74) is -0.499. The van der Waals surface area contributed by atoms with E-state index >= 15 is 0 Å². The van der Waals surface area contributed by atoms with Crippen molar-refractivity contribution in [2.75, 3.05) is 6.61 Å². The molecular weight excluding hydrogens is 234 g/mol. The predicted molar refractivity (Wildman–Crippen MR) is 68.4 cm³/mol. The lowest BCUT2D eigenvalue weighted by atomic mass is 9.98. The molecule has 0 aromatic heterocycles. The Bertz CT molecular complexity index is 285. The zero-order chi connectivity index (χ0) is 13.9. The summed E-state index contributed by atoms with van der Waals surface area (Å²) in [6, 6.07) is -0.0728. The number of hydrogen-bond donors (Lipinski definition) is 2. The molecule has 1 aliphatic rings. The number of rotatable bonds is 5. The van der Waals surface area contributed by atoms with Crippen LogP contribution in [0.3, 0.4) is 0 Å². The maximum atomic E-state index is 11.7. The van der Waals surface area contributed by atoms with Gasteiger partial charge in [-0.05, 0) is 33.1 Å². The van der Waals surface area contributed by atoms with E-state index in [-0.39, 0.29) is 30.8 Å². The molecule has 0 aromatic carbocycles. The molecular formula is C13H25NO4. The van der Waals surface area contributed by atoms with Gasteiger partial charge in [0.1, 0.15) is 11.7 Å². The van der Waals surface area contributed by atoms with E-state index in [0.29, 0.717) is 6.42 Å². The van der Waals surface area contributed by atoms with Crippen molar-refractivity contribution in [1.29, 1.82) is 0 Å². The Labute approximate surface area is 109 Å². The number of aliphatic hydroxyl groups is 1. The minimum Gasteiger partial charge on any atom is -0.444 e. The zero-order valence-electron chi connectivity index (χ0n) is 11.9. The van der Waals surface area contributed by atoms with Gasteiger partial charge >= 0.3 is 6.09 Å². The van der Waals surface area contributed by atoms with Crippen LogP contribution in [0.2, 0.25) is 0 Å². The third-order valence-corrected chi connectivity index (χ3v) is 2.79. The van der Waals surface area contributed by atoms with E-state index in [1.54, 1.807) is 0 Å². The molecule has 0 radical (unpaired) electrons. The highest BCUT2D eigenvalue weighted by molar-refractivity contribution is 5.68. The van der Waals surface area contributed by atoms with Crippen LogP contribution in [0.25, 0.3) is 0 Å². The van der Waals surface area contributed by atoms with E-state index in [9.17, 15) is 4.79 Å². The topological polar surface area (TPSA) is 71.1 Å². The number of carbonyl (C=O) groups excluding carboxylic acids is 1. The quantitative estimate of drug-likeness (QED) is 0.737. The van der Waals surface area contributed by atoms with Gasteiger partial charge in [-0.3, -0.25) is 0 Å². The molecule has 5 heteroatoms. The summed E-state index contributed by atoms with van der Waals surface area (Å²) in [6.07, 6.45) is 0.241. The smallest absolute Gasteiger partial charge is 0.407 e. The summed E-state index contributed by atoms with van der Waals surface area (Å²) in [7, 11) is 0. The Morgan fingerprint density at radius 3 is 2.50 bits per heavy atom. The molecule has 1 amide bonds. The number of alkyl carbamates (subject to hydrolysis) is 1. The molecule has 106 valence electrons. The minimum absolute atomic E-state index is 0.00957. The van der Waals surface area contributed by atoms with E-state index in [4.69, 9.17) is 14.6 Å². The molecule has 0 saturated carbocycles. The third-order valence-electron chi connectivity index (χ3n) is 2.79. The highest BCUT2D eigenvalue weighted by atomic mass is 16.6. The molecule has 0 aliphatic carbocycles. The largest absolute Gasteiger partial charge is 0.444 e. The first kappa shape index (κ1) is 15.2. The van der Waals surface area contributed by atoms with Gasteiger partial charge in [0.15, 0.2) is 0 Å². The Balaban J connectivity index is 2.47. The van der Waals surface area contributed by atoms with Gasteiger partial charge < -0.3 is 19.9 Å². The third kappa shape index (κ3) is 4.82. The van der Waals surface area contributed by atoms with Crippen molar-refractivity contribution >= 4 is 6.09 Å². The van der Waals surface area contributed by atoms with Crippen molar-refractivity contribution in [3.63, 3.8) is 0 Å². The van der Waals surface area contributed by atoms with Crippen LogP contribution in [0.5, 0.6) is 0 Å². The molecule has 0 bridgehead atoms. The number of carbonyl (C=O) groups is 1. The highest BCUT2D eigenvalue weighted by Gasteiger charge is 2.46. The van der Waals surface area contributed by atoms with E-state index in [2.05, 4.69) is 5.32 Å². The molecule has 1 fully saturated rings. The van der Waals surface area contributed by atoms with Crippen molar-refractivity contribution in [2.45, 2.75) is 64.9 Å². The number of aliphatic hydroxyl groups excluding tert-OH is 1. The number of epoxide rings is 1. The maximum Gasteiger partial charge on any atom is 0.407 e. The number of ether oxygens (including phenoxy) is 2. The van der Waals surface area contributed by atoms with Gasteiger partial charge in [0.05, 0.1) is 12.1 Å². The summed E-state index contributed by atoms with van der Waals surface area (Å²) in [4.78, 5) is 11.7. The fraction of sp³-hybridized carbons (Fsp3) is 0.923. The van der Waals surface area contributed by atoms with Crippen LogP contribution in [-0.4, -0.2) is 41.7 Å². The monoisotopic (exact) mass is 259 g/mol. The van der Waals surface area contributed by atoms with Crippen LogP contribution in [0.1, 0.15) is 41.0 Å². The van der Waals surface area contributed by atoms with Gasteiger partial charge in [-0.15, -0.1) is 0 Å². The molecule has 1 heterocycles. The maximum absolute atomic E-state index is 11.7. The first-order valence-electron chi connectivity index (χ1n) is 6.50. The first-order chi connectivity index (χ1) is 8.24. The second-order valence-corrected chi connectivity index (χ2v) is 6.07. The molecule has 2 N–H and O–H groups in total. The van der Waals surface area contributed by atoms with E-state index in [1.807, 2.05) is 34.6 Å². The van der Waals surface area contributed by atoms with Crippen LogP contribution in [0.15, 0.2) is 0 Å². The summed E-state index contributed by atoms with van der Waals surface area (Å²) in [5, 5.41) is 11.7. The zero-order valence-corrected chi connectivity index (χ0v) is 11.9. The first-order valence-corrected chi connectivity index (χ1v) is 6.50. The molecule has 0 aromatic rings. The Hall–Kier alpha value is -0.810. The van der Waals surface area contributed by atoms with Crippen molar-refractivity contribution in [1.82, 2.24) is 5.32 Å². The van der Waals surface area contributed by atoms with Crippen LogP contribution in [0.4, 0.5) is 4.79 Å². The fourth-order valence-electron chi connectivity index (χ4n) is 1.90. The molecule has 1 saturated heterocycles.